The number of nitrogens with zero attached hydrogens (tertiary/aromatic N) is 1. The van der Waals surface area contributed by atoms with E-state index in [4.69, 9.17) is 4.74 Å². The molecule has 7 nitrogen and oxygen atoms in total. The summed E-state index contributed by atoms with van der Waals surface area (Å²) in [5, 5.41) is 13.0. The summed E-state index contributed by atoms with van der Waals surface area (Å²) in [5.74, 6) is -0.275. The van der Waals surface area contributed by atoms with Gasteiger partial charge in [-0.25, -0.2) is 9.59 Å². The molecule has 0 radical (unpaired) electrons. The van der Waals surface area contributed by atoms with E-state index in [0.717, 1.165) is 18.5 Å². The summed E-state index contributed by atoms with van der Waals surface area (Å²) in [7, 11) is 0. The number of aliphatic carboxylic acids is 1. The van der Waals surface area contributed by atoms with E-state index in [0.29, 0.717) is 11.8 Å². The van der Waals surface area contributed by atoms with Gasteiger partial charge in [0.2, 0.25) is 0 Å². The Morgan fingerprint density at radius 1 is 1.07 bits per heavy atom. The van der Waals surface area contributed by atoms with E-state index in [2.05, 4.69) is 5.32 Å². The molecule has 1 saturated carbocycles. The number of hydrogen-bond acceptors (Lipinski definition) is 5. The van der Waals surface area contributed by atoms with E-state index in [1.54, 1.807) is 0 Å². The smallest absolute Gasteiger partial charge is 0.410 e. The molecule has 7 heteroatoms. The van der Waals surface area contributed by atoms with Gasteiger partial charge in [-0.2, -0.15) is 0 Å². The van der Waals surface area contributed by atoms with Crippen LogP contribution in [0.3, 0.4) is 0 Å². The molecule has 1 amide bonds. The fourth-order valence-electron chi connectivity index (χ4n) is 5.32. The first-order valence-corrected chi connectivity index (χ1v) is 11.0. The summed E-state index contributed by atoms with van der Waals surface area (Å²) < 4.78 is 5.33. The van der Waals surface area contributed by atoms with Gasteiger partial charge in [-0.1, -0.05) is 49.6 Å². The van der Waals surface area contributed by atoms with E-state index >= 15 is 0 Å². The lowest BCUT2D eigenvalue weighted by molar-refractivity contribution is -0.141. The predicted molar refractivity (Wildman–Crippen MR) is 110 cm³/mol. The molecule has 0 aromatic heterocycles. The molecule has 2 N–H and O–H groups in total. The lowest BCUT2D eigenvalue weighted by Gasteiger charge is -2.40. The SMILES string of the molecule is O=C(C1C[C@@H]2CCCC[C@@H]2CN1)[C@H]1C[C@@H](C(=O)O)N(C(=O)OCc2ccccc2)C1. The molecule has 30 heavy (non-hydrogen) atoms. The Hall–Kier alpha value is -2.41. The number of ether oxygens (including phenoxy) is 1. The Kier molecular flexibility index (Phi) is 6.37. The Labute approximate surface area is 176 Å². The molecule has 1 aromatic rings. The number of piperidine rings is 1. The van der Waals surface area contributed by atoms with E-state index in [1.807, 2.05) is 30.3 Å². The summed E-state index contributed by atoms with van der Waals surface area (Å²) in [6, 6.07) is 8.00. The summed E-state index contributed by atoms with van der Waals surface area (Å²) in [6.45, 7) is 1.04. The van der Waals surface area contributed by atoms with Gasteiger partial charge < -0.3 is 15.2 Å². The van der Waals surface area contributed by atoms with Crippen LogP contribution in [0.25, 0.3) is 0 Å². The van der Waals surface area contributed by atoms with Gasteiger partial charge in [0.1, 0.15) is 12.6 Å². The quantitative estimate of drug-likeness (QED) is 0.769. The zero-order valence-electron chi connectivity index (χ0n) is 17.2. The number of ketones is 1. The van der Waals surface area contributed by atoms with Crippen molar-refractivity contribution in [1.29, 1.82) is 0 Å². The summed E-state index contributed by atoms with van der Waals surface area (Å²) in [6.07, 6.45) is 5.21. The monoisotopic (exact) mass is 414 g/mol. The number of carboxylic acids is 1. The number of hydrogen-bond donors (Lipinski definition) is 2. The number of carboxylic acid groups (broad SMARTS) is 1. The summed E-state index contributed by atoms with van der Waals surface area (Å²) in [5.41, 5.74) is 0.831. The normalized spacial score (nSPS) is 31.1. The number of Topliss-reactive ketones (excluding diaryl/α,β-unsaturated/α-hetero) is 1. The van der Waals surface area contributed by atoms with Crippen molar-refractivity contribution in [3.8, 4) is 0 Å². The molecular formula is C23H30N2O5. The van der Waals surface area contributed by atoms with Gasteiger partial charge in [-0.05, 0) is 43.2 Å². The highest BCUT2D eigenvalue weighted by atomic mass is 16.6. The van der Waals surface area contributed by atoms with Gasteiger partial charge >= 0.3 is 12.1 Å². The number of carbonyl (C=O) groups is 3. The van der Waals surface area contributed by atoms with Crippen LogP contribution in [0.15, 0.2) is 30.3 Å². The van der Waals surface area contributed by atoms with Gasteiger partial charge in [-0.15, -0.1) is 0 Å². The number of rotatable bonds is 5. The number of benzene rings is 1. The lowest BCUT2D eigenvalue weighted by atomic mass is 9.72. The fourth-order valence-corrected chi connectivity index (χ4v) is 5.32. The van der Waals surface area contributed by atoms with Crippen molar-refractivity contribution < 1.29 is 24.2 Å². The average Bonchev–Trinajstić information content (AvgIpc) is 3.23. The third-order valence-electron chi connectivity index (χ3n) is 7.00. The second-order valence-electron chi connectivity index (χ2n) is 8.88. The number of fused-ring (bicyclic) bond motifs is 1. The zero-order chi connectivity index (χ0) is 21.1. The highest BCUT2D eigenvalue weighted by Crippen LogP contribution is 2.37. The van der Waals surface area contributed by atoms with Crippen LogP contribution in [0.2, 0.25) is 0 Å². The van der Waals surface area contributed by atoms with Crippen LogP contribution in [-0.4, -0.2) is 53.0 Å². The van der Waals surface area contributed by atoms with Crippen molar-refractivity contribution >= 4 is 17.8 Å². The molecule has 162 valence electrons. The van der Waals surface area contributed by atoms with Crippen LogP contribution in [-0.2, 0) is 20.9 Å². The molecule has 5 atom stereocenters. The number of amides is 1. The molecule has 0 bridgehead atoms. The Balaban J connectivity index is 1.37. The highest BCUT2D eigenvalue weighted by molar-refractivity contribution is 5.90. The topological polar surface area (TPSA) is 95.9 Å². The predicted octanol–water partition coefficient (Wildman–Crippen LogP) is 2.84. The van der Waals surface area contributed by atoms with Crippen LogP contribution in [0.5, 0.6) is 0 Å². The zero-order valence-corrected chi connectivity index (χ0v) is 17.2. The largest absolute Gasteiger partial charge is 0.480 e. The molecule has 2 aliphatic heterocycles. The van der Waals surface area contributed by atoms with Crippen LogP contribution < -0.4 is 5.32 Å². The van der Waals surface area contributed by atoms with Gasteiger partial charge in [0.15, 0.2) is 5.78 Å². The van der Waals surface area contributed by atoms with E-state index in [1.165, 1.54) is 30.6 Å². The first-order valence-electron chi connectivity index (χ1n) is 11.0. The Morgan fingerprint density at radius 3 is 2.53 bits per heavy atom. The average molecular weight is 415 g/mol. The van der Waals surface area contributed by atoms with Crippen molar-refractivity contribution in [2.75, 3.05) is 13.1 Å². The van der Waals surface area contributed by atoms with Crippen molar-refractivity contribution in [3.05, 3.63) is 35.9 Å². The van der Waals surface area contributed by atoms with Crippen LogP contribution in [0, 0.1) is 17.8 Å². The van der Waals surface area contributed by atoms with Crippen molar-refractivity contribution in [2.45, 2.75) is 57.2 Å². The maximum atomic E-state index is 13.2. The van der Waals surface area contributed by atoms with E-state index in [9.17, 15) is 19.5 Å². The maximum absolute atomic E-state index is 13.2. The molecule has 0 spiro atoms. The van der Waals surface area contributed by atoms with Crippen molar-refractivity contribution in [3.63, 3.8) is 0 Å². The van der Waals surface area contributed by atoms with Gasteiger partial charge in [0.05, 0.1) is 6.04 Å². The summed E-state index contributed by atoms with van der Waals surface area (Å²) in [4.78, 5) is 38.7. The molecule has 1 aliphatic carbocycles. The van der Waals surface area contributed by atoms with Crippen LogP contribution in [0.1, 0.15) is 44.1 Å². The van der Waals surface area contributed by atoms with Crippen molar-refractivity contribution in [1.82, 2.24) is 10.2 Å². The van der Waals surface area contributed by atoms with Crippen LogP contribution in [0.4, 0.5) is 4.79 Å². The molecule has 2 saturated heterocycles. The minimum Gasteiger partial charge on any atom is -0.480 e. The minimum atomic E-state index is -1.09. The van der Waals surface area contributed by atoms with Gasteiger partial charge in [0, 0.05) is 12.5 Å². The number of likely N-dealkylation sites (tertiary alicyclic amines) is 1. The van der Waals surface area contributed by atoms with E-state index in [-0.39, 0.29) is 31.4 Å². The highest BCUT2D eigenvalue weighted by Gasteiger charge is 2.46. The standard InChI is InChI=1S/C23H30N2O5/c26-21(19-10-16-8-4-5-9-17(16)12-24-19)18-11-20(22(27)28)25(13-18)23(29)30-14-15-6-2-1-3-7-15/h1-3,6-7,16-20,24H,4-5,8-14H2,(H,27,28)/t16-,17+,18-,19?,20-/m0/s1. The molecule has 1 unspecified atom stereocenters. The molecular weight excluding hydrogens is 384 g/mol. The third kappa shape index (κ3) is 4.51. The molecule has 3 aliphatic rings. The molecule has 1 aromatic carbocycles. The minimum absolute atomic E-state index is 0.0450. The van der Waals surface area contributed by atoms with Gasteiger partial charge in [0.25, 0.3) is 0 Å². The molecule has 2 heterocycles. The molecule has 3 fully saturated rings. The first-order chi connectivity index (χ1) is 14.5. The van der Waals surface area contributed by atoms with Crippen LogP contribution >= 0.6 is 0 Å². The summed E-state index contributed by atoms with van der Waals surface area (Å²) >= 11 is 0. The number of nitrogens with one attached hydrogen (secondary N) is 1. The molecule has 4 rings (SSSR count). The van der Waals surface area contributed by atoms with Gasteiger partial charge in [-0.3, -0.25) is 9.69 Å². The first kappa shape index (κ1) is 20.8. The maximum Gasteiger partial charge on any atom is 0.410 e. The second kappa shape index (κ2) is 9.16. The van der Waals surface area contributed by atoms with E-state index < -0.39 is 24.0 Å². The fraction of sp³-hybridized carbons (Fsp3) is 0.609. The second-order valence-corrected chi connectivity index (χ2v) is 8.88. The Morgan fingerprint density at radius 2 is 1.80 bits per heavy atom. The number of carbonyl (C=O) groups excluding carboxylic acids is 2. The third-order valence-corrected chi connectivity index (χ3v) is 7.00. The Bertz CT molecular complexity index is 783. The lowest BCUT2D eigenvalue weighted by Crippen LogP contribution is -2.50. The van der Waals surface area contributed by atoms with Crippen molar-refractivity contribution in [2.24, 2.45) is 17.8 Å².